The molecular formula is C13H27N3O. The van der Waals surface area contributed by atoms with E-state index in [1.54, 1.807) is 0 Å². The molecule has 0 bridgehead atoms. The number of likely N-dealkylation sites (N-methyl/N-ethyl adjacent to an activating group) is 1. The summed E-state index contributed by atoms with van der Waals surface area (Å²) in [5.41, 5.74) is 3.21. The van der Waals surface area contributed by atoms with Gasteiger partial charge in [0.25, 0.3) is 0 Å². The first-order chi connectivity index (χ1) is 8.15. The molecule has 1 heterocycles. The van der Waals surface area contributed by atoms with E-state index in [1.165, 1.54) is 32.1 Å². The summed E-state index contributed by atoms with van der Waals surface area (Å²) < 4.78 is 6.07. The average molecular weight is 241 g/mol. The van der Waals surface area contributed by atoms with Crippen LogP contribution in [0.1, 0.15) is 38.5 Å². The third kappa shape index (κ3) is 3.19. The molecule has 1 saturated heterocycles. The quantitative estimate of drug-likeness (QED) is 0.572. The lowest BCUT2D eigenvalue weighted by Gasteiger charge is -2.41. The van der Waals surface area contributed by atoms with Gasteiger partial charge >= 0.3 is 0 Å². The zero-order chi connectivity index (χ0) is 12.3. The molecule has 0 radical (unpaired) electrons. The van der Waals surface area contributed by atoms with E-state index < -0.39 is 0 Å². The van der Waals surface area contributed by atoms with Crippen LogP contribution in [0.5, 0.6) is 0 Å². The van der Waals surface area contributed by atoms with Gasteiger partial charge in [-0.1, -0.05) is 12.8 Å². The zero-order valence-corrected chi connectivity index (χ0v) is 11.2. The lowest BCUT2D eigenvalue weighted by atomic mass is 9.80. The third-order valence-corrected chi connectivity index (χ3v) is 4.39. The molecule has 1 saturated carbocycles. The highest BCUT2D eigenvalue weighted by molar-refractivity contribution is 4.94. The lowest BCUT2D eigenvalue weighted by Crippen LogP contribution is -2.51. The van der Waals surface area contributed by atoms with Crippen molar-refractivity contribution in [2.24, 2.45) is 11.8 Å². The molecule has 2 rings (SSSR count). The van der Waals surface area contributed by atoms with Gasteiger partial charge in [-0.3, -0.25) is 11.3 Å². The summed E-state index contributed by atoms with van der Waals surface area (Å²) in [7, 11) is 4.21. The first-order valence-corrected chi connectivity index (χ1v) is 6.90. The zero-order valence-electron chi connectivity index (χ0n) is 11.2. The van der Waals surface area contributed by atoms with Crippen molar-refractivity contribution in [3.63, 3.8) is 0 Å². The van der Waals surface area contributed by atoms with Gasteiger partial charge in [-0.25, -0.2) is 0 Å². The van der Waals surface area contributed by atoms with Crippen LogP contribution in [0.3, 0.4) is 0 Å². The first-order valence-electron chi connectivity index (χ1n) is 6.90. The van der Waals surface area contributed by atoms with Crippen molar-refractivity contribution < 1.29 is 4.74 Å². The van der Waals surface area contributed by atoms with Crippen molar-refractivity contribution in [1.29, 1.82) is 0 Å². The van der Waals surface area contributed by atoms with Crippen LogP contribution in [0, 0.1) is 5.92 Å². The fraction of sp³-hybridized carbons (Fsp3) is 1.00. The maximum atomic E-state index is 6.07. The van der Waals surface area contributed by atoms with Crippen LogP contribution in [-0.2, 0) is 4.74 Å². The predicted molar refractivity (Wildman–Crippen MR) is 69.5 cm³/mol. The van der Waals surface area contributed by atoms with Crippen LogP contribution < -0.4 is 11.3 Å². The normalized spacial score (nSPS) is 30.0. The number of nitrogens with zero attached hydrogens (tertiary/aromatic N) is 1. The van der Waals surface area contributed by atoms with Gasteiger partial charge in [0, 0.05) is 19.2 Å². The number of hydrazine groups is 1. The summed E-state index contributed by atoms with van der Waals surface area (Å²) in [6.45, 7) is 1.92. The van der Waals surface area contributed by atoms with Crippen LogP contribution in [-0.4, -0.2) is 43.8 Å². The van der Waals surface area contributed by atoms with E-state index in [2.05, 4.69) is 24.4 Å². The number of hydrogen-bond acceptors (Lipinski definition) is 4. The Bertz CT molecular complexity index is 239. The summed E-state index contributed by atoms with van der Waals surface area (Å²) in [6, 6.07) is 0.395. The largest absolute Gasteiger partial charge is 0.375 e. The maximum absolute atomic E-state index is 6.07. The van der Waals surface area contributed by atoms with Gasteiger partial charge in [-0.15, -0.1) is 0 Å². The van der Waals surface area contributed by atoms with Crippen LogP contribution in [0.4, 0.5) is 0 Å². The third-order valence-electron chi connectivity index (χ3n) is 4.39. The minimum Gasteiger partial charge on any atom is -0.375 e. The molecular weight excluding hydrogens is 214 g/mol. The van der Waals surface area contributed by atoms with E-state index in [9.17, 15) is 0 Å². The minimum absolute atomic E-state index is 0.199. The number of rotatable bonds is 4. The minimum atomic E-state index is 0.199. The molecule has 0 aromatic heterocycles. The molecule has 1 aliphatic heterocycles. The van der Waals surface area contributed by atoms with Crippen molar-refractivity contribution in [3.8, 4) is 0 Å². The Morgan fingerprint density at radius 2 is 2.12 bits per heavy atom. The van der Waals surface area contributed by atoms with Gasteiger partial charge in [0.15, 0.2) is 0 Å². The lowest BCUT2D eigenvalue weighted by molar-refractivity contribution is -0.0987. The van der Waals surface area contributed by atoms with Crippen LogP contribution >= 0.6 is 0 Å². The van der Waals surface area contributed by atoms with Gasteiger partial charge in [0.1, 0.15) is 0 Å². The molecule has 1 spiro atoms. The predicted octanol–water partition coefficient (Wildman–Crippen LogP) is 1.12. The summed E-state index contributed by atoms with van der Waals surface area (Å²) in [5.74, 6) is 6.38. The Morgan fingerprint density at radius 1 is 1.41 bits per heavy atom. The molecule has 0 amide bonds. The Morgan fingerprint density at radius 3 is 2.71 bits per heavy atom. The molecule has 2 aliphatic rings. The Kier molecular flexibility index (Phi) is 4.42. The van der Waals surface area contributed by atoms with Crippen LogP contribution in [0.15, 0.2) is 0 Å². The first kappa shape index (κ1) is 13.3. The van der Waals surface area contributed by atoms with Gasteiger partial charge in [-0.2, -0.15) is 0 Å². The molecule has 4 heteroatoms. The SMILES string of the molecule is CN(C)CC(NN)C1CCOC2(CCCC2)C1. The monoisotopic (exact) mass is 241 g/mol. The highest BCUT2D eigenvalue weighted by Crippen LogP contribution is 2.42. The second-order valence-corrected chi connectivity index (χ2v) is 6.03. The highest BCUT2D eigenvalue weighted by atomic mass is 16.5. The number of hydrogen-bond donors (Lipinski definition) is 2. The maximum Gasteiger partial charge on any atom is 0.0685 e. The van der Waals surface area contributed by atoms with Crippen molar-refractivity contribution >= 4 is 0 Å². The number of ether oxygens (including phenoxy) is 1. The van der Waals surface area contributed by atoms with E-state index in [1.807, 2.05) is 0 Å². The molecule has 17 heavy (non-hydrogen) atoms. The van der Waals surface area contributed by atoms with Crippen molar-refractivity contribution in [1.82, 2.24) is 10.3 Å². The second kappa shape index (κ2) is 5.65. The van der Waals surface area contributed by atoms with Gasteiger partial charge in [-0.05, 0) is 45.7 Å². The molecule has 3 N–H and O–H groups in total. The number of nitrogens with two attached hydrogens (primary N) is 1. The molecule has 2 fully saturated rings. The summed E-state index contributed by atoms with van der Waals surface area (Å²) in [4.78, 5) is 2.21. The Hall–Kier alpha value is -0.160. The number of nitrogens with one attached hydrogen (secondary N) is 1. The van der Waals surface area contributed by atoms with Gasteiger partial charge in [0.2, 0.25) is 0 Å². The van der Waals surface area contributed by atoms with Gasteiger partial charge in [0.05, 0.1) is 5.60 Å². The standard InChI is InChI=1S/C13H27N3O/c1-16(2)10-12(15-14)11-5-8-17-13(9-11)6-3-4-7-13/h11-12,15H,3-10,14H2,1-2H3. The molecule has 0 aromatic carbocycles. The van der Waals surface area contributed by atoms with E-state index in [-0.39, 0.29) is 5.60 Å². The van der Waals surface area contributed by atoms with E-state index in [0.29, 0.717) is 12.0 Å². The molecule has 2 unspecified atom stereocenters. The van der Waals surface area contributed by atoms with Crippen LogP contribution in [0.2, 0.25) is 0 Å². The second-order valence-electron chi connectivity index (χ2n) is 6.03. The van der Waals surface area contributed by atoms with E-state index >= 15 is 0 Å². The topological polar surface area (TPSA) is 50.5 Å². The van der Waals surface area contributed by atoms with E-state index in [4.69, 9.17) is 10.6 Å². The molecule has 0 aromatic rings. The van der Waals surface area contributed by atoms with Gasteiger partial charge < -0.3 is 9.64 Å². The summed E-state index contributed by atoms with van der Waals surface area (Å²) >= 11 is 0. The highest BCUT2D eigenvalue weighted by Gasteiger charge is 2.41. The molecule has 2 atom stereocenters. The summed E-state index contributed by atoms with van der Waals surface area (Å²) in [5, 5.41) is 0. The molecule has 100 valence electrons. The van der Waals surface area contributed by atoms with Crippen molar-refractivity contribution in [2.45, 2.75) is 50.2 Å². The fourth-order valence-electron chi connectivity index (χ4n) is 3.51. The van der Waals surface area contributed by atoms with E-state index in [0.717, 1.165) is 19.6 Å². The Balaban J connectivity index is 1.95. The molecule has 1 aliphatic carbocycles. The summed E-state index contributed by atoms with van der Waals surface area (Å²) in [6.07, 6.45) is 7.51. The van der Waals surface area contributed by atoms with Crippen molar-refractivity contribution in [2.75, 3.05) is 27.2 Å². The molecule has 4 nitrogen and oxygen atoms in total. The average Bonchev–Trinajstić information content (AvgIpc) is 2.74. The fourth-order valence-corrected chi connectivity index (χ4v) is 3.51. The smallest absolute Gasteiger partial charge is 0.0685 e. The Labute approximate surface area is 105 Å². The van der Waals surface area contributed by atoms with Crippen molar-refractivity contribution in [3.05, 3.63) is 0 Å². The van der Waals surface area contributed by atoms with Crippen LogP contribution in [0.25, 0.3) is 0 Å².